The molecule has 0 unspecified atom stereocenters. The predicted molar refractivity (Wildman–Crippen MR) is 137 cm³/mol. The smallest absolute Gasteiger partial charge is 0.343 e. The lowest BCUT2D eigenvalue weighted by Crippen LogP contribution is -2.19. The highest BCUT2D eigenvalue weighted by molar-refractivity contribution is 7.99. The fourth-order valence-electron chi connectivity index (χ4n) is 3.18. The van der Waals surface area contributed by atoms with Gasteiger partial charge in [-0.25, -0.2) is 15.2 Å². The third-order valence-electron chi connectivity index (χ3n) is 5.06. The van der Waals surface area contributed by atoms with Crippen molar-refractivity contribution < 1.29 is 18.7 Å². The van der Waals surface area contributed by atoms with Crippen LogP contribution in [0.2, 0.25) is 0 Å². The number of hydrogen-bond donors (Lipinski definition) is 1. The number of hydrazone groups is 1. The minimum Gasteiger partial charge on any atom is -0.431 e. The number of esters is 1. The second kappa shape index (κ2) is 10.6. The van der Waals surface area contributed by atoms with E-state index in [9.17, 15) is 9.59 Å². The number of fused-ring (bicyclic) bond motifs is 1. The molecule has 0 saturated carbocycles. The van der Waals surface area contributed by atoms with Crippen molar-refractivity contribution in [2.75, 3.05) is 5.75 Å². The summed E-state index contributed by atoms with van der Waals surface area (Å²) in [5, 5.41) is 4.40. The third kappa shape index (κ3) is 6.58. The van der Waals surface area contributed by atoms with Crippen LogP contribution in [0.1, 0.15) is 42.3 Å². The van der Waals surface area contributed by atoms with E-state index >= 15 is 0 Å². The van der Waals surface area contributed by atoms with Gasteiger partial charge in [0.1, 0.15) is 11.3 Å². The van der Waals surface area contributed by atoms with Crippen LogP contribution in [0.4, 0.5) is 0 Å². The van der Waals surface area contributed by atoms with Crippen LogP contribution in [0.25, 0.3) is 11.1 Å². The number of rotatable bonds is 7. The van der Waals surface area contributed by atoms with Crippen molar-refractivity contribution in [1.29, 1.82) is 0 Å². The van der Waals surface area contributed by atoms with Gasteiger partial charge in [0.15, 0.2) is 5.58 Å². The molecule has 0 aliphatic carbocycles. The molecule has 0 bridgehead atoms. The summed E-state index contributed by atoms with van der Waals surface area (Å²) in [5.74, 6) is -0.244. The Kier molecular flexibility index (Phi) is 7.31. The van der Waals surface area contributed by atoms with E-state index in [1.807, 2.05) is 36.4 Å². The fourth-order valence-corrected chi connectivity index (χ4v) is 3.81. The molecule has 1 aromatic heterocycles. The van der Waals surface area contributed by atoms with Crippen LogP contribution >= 0.6 is 11.8 Å². The number of aromatic nitrogens is 1. The number of thioether (sulfide) groups is 1. The second-order valence-corrected chi connectivity index (χ2v) is 9.75. The summed E-state index contributed by atoms with van der Waals surface area (Å²) in [7, 11) is 0. The van der Waals surface area contributed by atoms with Crippen LogP contribution in [-0.2, 0) is 10.2 Å². The SMILES string of the molecule is CC(C)(C)c1ccc(C(=O)Oc2cccc(/C=N\NC(=O)CSc3nc4ccccc4o3)c2)cc1. The van der Waals surface area contributed by atoms with Crippen molar-refractivity contribution in [1.82, 2.24) is 10.4 Å². The molecular weight excluding hydrogens is 462 g/mol. The quantitative estimate of drug-likeness (QED) is 0.120. The predicted octanol–water partition coefficient (Wildman–Crippen LogP) is 5.59. The highest BCUT2D eigenvalue weighted by Gasteiger charge is 2.15. The molecule has 0 spiro atoms. The zero-order chi connectivity index (χ0) is 24.8. The summed E-state index contributed by atoms with van der Waals surface area (Å²) in [6, 6.07) is 21.7. The minimum atomic E-state index is -0.441. The van der Waals surface area contributed by atoms with E-state index in [0.29, 0.717) is 27.7 Å². The molecule has 0 aliphatic rings. The summed E-state index contributed by atoms with van der Waals surface area (Å²) < 4.78 is 11.1. The van der Waals surface area contributed by atoms with Crippen LogP contribution in [0.15, 0.2) is 87.5 Å². The van der Waals surface area contributed by atoms with E-state index in [0.717, 1.165) is 11.1 Å². The highest BCUT2D eigenvalue weighted by Crippen LogP contribution is 2.24. The van der Waals surface area contributed by atoms with E-state index in [-0.39, 0.29) is 17.1 Å². The molecule has 35 heavy (non-hydrogen) atoms. The average molecular weight is 488 g/mol. The molecule has 1 N–H and O–H groups in total. The Morgan fingerprint density at radius 1 is 1.06 bits per heavy atom. The second-order valence-electron chi connectivity index (χ2n) is 8.82. The van der Waals surface area contributed by atoms with Crippen LogP contribution in [0, 0.1) is 0 Å². The van der Waals surface area contributed by atoms with Crippen LogP contribution in [-0.4, -0.2) is 28.8 Å². The van der Waals surface area contributed by atoms with Crippen molar-refractivity contribution in [3.8, 4) is 5.75 Å². The molecule has 0 radical (unpaired) electrons. The molecule has 7 nitrogen and oxygen atoms in total. The van der Waals surface area contributed by atoms with E-state index < -0.39 is 5.97 Å². The topological polar surface area (TPSA) is 93.8 Å². The number of oxazole rings is 1. The van der Waals surface area contributed by atoms with Gasteiger partial charge < -0.3 is 9.15 Å². The summed E-state index contributed by atoms with van der Waals surface area (Å²) in [5.41, 5.74) is 6.19. The highest BCUT2D eigenvalue weighted by atomic mass is 32.2. The van der Waals surface area contributed by atoms with Crippen molar-refractivity contribution in [3.63, 3.8) is 0 Å². The van der Waals surface area contributed by atoms with Gasteiger partial charge in [-0.3, -0.25) is 4.79 Å². The van der Waals surface area contributed by atoms with Gasteiger partial charge in [-0.05, 0) is 52.9 Å². The van der Waals surface area contributed by atoms with Crippen LogP contribution < -0.4 is 10.2 Å². The Balaban J connectivity index is 1.29. The Morgan fingerprint density at radius 2 is 1.83 bits per heavy atom. The number of nitrogens with zero attached hydrogens (tertiary/aromatic N) is 2. The third-order valence-corrected chi connectivity index (χ3v) is 5.89. The maximum atomic E-state index is 12.5. The van der Waals surface area contributed by atoms with E-state index in [4.69, 9.17) is 9.15 Å². The molecule has 1 amide bonds. The van der Waals surface area contributed by atoms with Gasteiger partial charge in [0.25, 0.3) is 11.1 Å². The molecular formula is C27H25N3O4S. The molecule has 1 heterocycles. The zero-order valence-electron chi connectivity index (χ0n) is 19.6. The molecule has 0 saturated heterocycles. The summed E-state index contributed by atoms with van der Waals surface area (Å²) in [4.78, 5) is 28.9. The Bertz CT molecular complexity index is 1340. The fraction of sp³-hybridized carbons (Fsp3) is 0.185. The number of amides is 1. The minimum absolute atomic E-state index is 0.00845. The maximum absolute atomic E-state index is 12.5. The average Bonchev–Trinajstić information content (AvgIpc) is 3.26. The van der Waals surface area contributed by atoms with Gasteiger partial charge >= 0.3 is 5.97 Å². The van der Waals surface area contributed by atoms with Crippen molar-refractivity contribution in [2.24, 2.45) is 5.10 Å². The summed E-state index contributed by atoms with van der Waals surface area (Å²) >= 11 is 1.19. The van der Waals surface area contributed by atoms with Crippen LogP contribution in [0.3, 0.4) is 0 Å². The van der Waals surface area contributed by atoms with Crippen LogP contribution in [0.5, 0.6) is 5.75 Å². The first kappa shape index (κ1) is 24.2. The first-order valence-corrected chi connectivity index (χ1v) is 12.0. The lowest BCUT2D eigenvalue weighted by Gasteiger charge is -2.18. The van der Waals surface area contributed by atoms with E-state index in [1.54, 1.807) is 36.4 Å². The Morgan fingerprint density at radius 3 is 2.57 bits per heavy atom. The number of benzene rings is 3. The van der Waals surface area contributed by atoms with Crippen molar-refractivity contribution >= 4 is 41.0 Å². The number of carbonyl (C=O) groups is 2. The molecule has 178 valence electrons. The van der Waals surface area contributed by atoms with Gasteiger partial charge in [0.05, 0.1) is 17.5 Å². The first-order chi connectivity index (χ1) is 16.8. The molecule has 0 fully saturated rings. The largest absolute Gasteiger partial charge is 0.431 e. The standard InChI is InChI=1S/C27H25N3O4S/c1-27(2,3)20-13-11-19(12-14-20)25(32)33-21-8-6-7-18(15-21)16-28-30-24(31)17-35-26-29-22-9-4-5-10-23(22)34-26/h4-16H,17H2,1-3H3,(H,30,31)/b28-16-. The summed E-state index contributed by atoms with van der Waals surface area (Å²) in [6.45, 7) is 6.35. The van der Waals surface area contributed by atoms with Crippen molar-refractivity contribution in [2.45, 2.75) is 31.4 Å². The van der Waals surface area contributed by atoms with Gasteiger partial charge in [0.2, 0.25) is 0 Å². The van der Waals surface area contributed by atoms with Gasteiger partial charge in [-0.2, -0.15) is 5.10 Å². The lowest BCUT2D eigenvalue weighted by molar-refractivity contribution is -0.118. The van der Waals surface area contributed by atoms with E-state index in [2.05, 4.69) is 36.3 Å². The number of para-hydroxylation sites is 2. The monoisotopic (exact) mass is 487 g/mol. The Hall–Kier alpha value is -3.91. The van der Waals surface area contributed by atoms with E-state index in [1.165, 1.54) is 18.0 Å². The number of carbonyl (C=O) groups excluding carboxylic acids is 2. The summed E-state index contributed by atoms with van der Waals surface area (Å²) in [6.07, 6.45) is 1.48. The molecule has 8 heteroatoms. The number of nitrogens with one attached hydrogen (secondary N) is 1. The maximum Gasteiger partial charge on any atom is 0.343 e. The van der Waals surface area contributed by atoms with Gasteiger partial charge in [0, 0.05) is 0 Å². The zero-order valence-corrected chi connectivity index (χ0v) is 20.5. The van der Waals surface area contributed by atoms with Gasteiger partial charge in [-0.1, -0.05) is 68.9 Å². The lowest BCUT2D eigenvalue weighted by atomic mass is 9.87. The number of hydrogen-bond acceptors (Lipinski definition) is 7. The molecule has 0 atom stereocenters. The molecule has 4 rings (SSSR count). The first-order valence-electron chi connectivity index (χ1n) is 11.0. The Labute approximate surface area is 207 Å². The normalized spacial score (nSPS) is 11.6. The number of ether oxygens (including phenoxy) is 1. The molecule has 3 aromatic carbocycles. The molecule has 4 aromatic rings. The molecule has 0 aliphatic heterocycles. The van der Waals surface area contributed by atoms with Crippen molar-refractivity contribution in [3.05, 3.63) is 89.5 Å². The van der Waals surface area contributed by atoms with Gasteiger partial charge in [-0.15, -0.1) is 0 Å².